The zero-order chi connectivity index (χ0) is 23.0. The van der Waals surface area contributed by atoms with Gasteiger partial charge in [0.25, 0.3) is 11.8 Å². The molecule has 1 aliphatic heterocycles. The van der Waals surface area contributed by atoms with Crippen LogP contribution in [0.5, 0.6) is 0 Å². The van der Waals surface area contributed by atoms with E-state index in [1.165, 1.54) is 0 Å². The average Bonchev–Trinajstić information content (AvgIpc) is 3.31. The zero-order valence-electron chi connectivity index (χ0n) is 18.5. The lowest BCUT2D eigenvalue weighted by Crippen LogP contribution is -2.47. The van der Waals surface area contributed by atoms with Gasteiger partial charge in [-0.05, 0) is 52.9 Å². The Morgan fingerprint density at radius 1 is 1.06 bits per heavy atom. The van der Waals surface area contributed by atoms with Crippen molar-refractivity contribution in [1.82, 2.24) is 15.7 Å². The Labute approximate surface area is 182 Å². The highest BCUT2D eigenvalue weighted by Gasteiger charge is 2.36. The van der Waals surface area contributed by atoms with Crippen molar-refractivity contribution >= 4 is 29.8 Å². The molecule has 0 spiro atoms. The van der Waals surface area contributed by atoms with Crippen LogP contribution in [0.25, 0.3) is 0 Å². The summed E-state index contributed by atoms with van der Waals surface area (Å²) in [5.41, 5.74) is -0.589. The van der Waals surface area contributed by atoms with E-state index in [9.17, 15) is 24.0 Å². The Bertz CT molecular complexity index is 680. The first-order chi connectivity index (χ1) is 14.6. The molecule has 1 heterocycles. The third-order valence-electron chi connectivity index (χ3n) is 5.10. The average molecular weight is 440 g/mol. The number of rotatable bonds is 9. The van der Waals surface area contributed by atoms with Crippen molar-refractivity contribution in [2.24, 2.45) is 5.92 Å². The van der Waals surface area contributed by atoms with Crippen molar-refractivity contribution < 1.29 is 33.5 Å². The first-order valence-electron chi connectivity index (χ1n) is 10.9. The molecule has 2 N–H and O–H groups in total. The van der Waals surface area contributed by atoms with Crippen molar-refractivity contribution in [3.05, 3.63) is 0 Å². The number of alkyl carbamates (subject to hydrolysis) is 1. The standard InChI is InChI=1S/C21H33N3O7/c1-21(2,3)30-20(29)22-13-7-6-10-15(23-18(27)14-8-4-5-9-14)19(28)31-24-16(25)11-12-17(24)26/h14-15H,4-13H2,1-3H3,(H,22,29)(H,23,27)/t15-/m0/s1. The summed E-state index contributed by atoms with van der Waals surface area (Å²) < 4.78 is 5.16. The molecule has 0 aromatic carbocycles. The predicted octanol–water partition coefficient (Wildman–Crippen LogP) is 1.96. The monoisotopic (exact) mass is 439 g/mol. The van der Waals surface area contributed by atoms with Crippen LogP contribution in [0, 0.1) is 5.92 Å². The number of imide groups is 1. The van der Waals surface area contributed by atoms with E-state index in [2.05, 4.69) is 10.6 Å². The number of carbonyl (C=O) groups is 5. The lowest BCUT2D eigenvalue weighted by Gasteiger charge is -2.22. The number of unbranched alkanes of at least 4 members (excludes halogenated alkanes) is 1. The SMILES string of the molecule is CC(C)(C)OC(=O)NCCCC[C@H](NC(=O)C1CCCC1)C(=O)ON1C(=O)CCC1=O. The van der Waals surface area contributed by atoms with E-state index < -0.39 is 35.5 Å². The molecule has 4 amide bonds. The molecule has 2 rings (SSSR count). The molecule has 2 aliphatic rings. The fraction of sp³-hybridized carbons (Fsp3) is 0.762. The summed E-state index contributed by atoms with van der Waals surface area (Å²) >= 11 is 0. The summed E-state index contributed by atoms with van der Waals surface area (Å²) in [5, 5.41) is 5.84. The number of amides is 4. The number of hydrogen-bond acceptors (Lipinski definition) is 7. The molecule has 2 fully saturated rings. The number of nitrogens with zero attached hydrogens (tertiary/aromatic N) is 1. The number of hydrogen-bond donors (Lipinski definition) is 2. The summed E-state index contributed by atoms with van der Waals surface area (Å²) in [5.74, 6) is -2.33. The lowest BCUT2D eigenvalue weighted by atomic mass is 10.1. The molecular weight excluding hydrogens is 406 g/mol. The van der Waals surface area contributed by atoms with Gasteiger partial charge in [0.15, 0.2) is 0 Å². The number of nitrogens with one attached hydrogen (secondary N) is 2. The Hall–Kier alpha value is -2.65. The maximum Gasteiger partial charge on any atom is 0.407 e. The lowest BCUT2D eigenvalue weighted by molar-refractivity contribution is -0.199. The molecule has 31 heavy (non-hydrogen) atoms. The third kappa shape index (κ3) is 8.18. The van der Waals surface area contributed by atoms with Gasteiger partial charge in [0, 0.05) is 25.3 Å². The van der Waals surface area contributed by atoms with Crippen LogP contribution in [0.1, 0.15) is 78.6 Å². The quantitative estimate of drug-likeness (QED) is 0.415. The minimum absolute atomic E-state index is 0.00154. The second kappa shape index (κ2) is 11.1. The van der Waals surface area contributed by atoms with Gasteiger partial charge < -0.3 is 20.2 Å². The molecule has 1 saturated carbocycles. The summed E-state index contributed by atoms with van der Waals surface area (Å²) in [6, 6.07) is -0.976. The molecule has 0 aromatic rings. The van der Waals surface area contributed by atoms with Crippen LogP contribution in [0.2, 0.25) is 0 Å². The minimum atomic E-state index is -0.976. The van der Waals surface area contributed by atoms with Gasteiger partial charge in [-0.2, -0.15) is 0 Å². The van der Waals surface area contributed by atoms with Crippen molar-refractivity contribution in [1.29, 1.82) is 0 Å². The van der Waals surface area contributed by atoms with E-state index in [1.54, 1.807) is 20.8 Å². The number of ether oxygens (including phenoxy) is 1. The molecule has 10 heteroatoms. The summed E-state index contributed by atoms with van der Waals surface area (Å²) in [6.07, 6.45) is 4.27. The van der Waals surface area contributed by atoms with Gasteiger partial charge in [-0.15, -0.1) is 5.06 Å². The molecular formula is C21H33N3O7. The van der Waals surface area contributed by atoms with E-state index in [1.807, 2.05) is 0 Å². The maximum atomic E-state index is 12.6. The van der Waals surface area contributed by atoms with Gasteiger partial charge in [0.2, 0.25) is 5.91 Å². The summed E-state index contributed by atoms with van der Waals surface area (Å²) in [4.78, 5) is 65.2. The first-order valence-corrected chi connectivity index (χ1v) is 10.9. The van der Waals surface area contributed by atoms with E-state index in [0.29, 0.717) is 24.4 Å². The van der Waals surface area contributed by atoms with Gasteiger partial charge in [0.1, 0.15) is 11.6 Å². The maximum absolute atomic E-state index is 12.6. The highest BCUT2D eigenvalue weighted by molar-refractivity contribution is 6.02. The first kappa shape index (κ1) is 24.6. The Kier molecular flexibility index (Phi) is 8.82. The van der Waals surface area contributed by atoms with Gasteiger partial charge in [0.05, 0.1) is 0 Å². The highest BCUT2D eigenvalue weighted by Crippen LogP contribution is 2.25. The molecule has 10 nitrogen and oxygen atoms in total. The number of carbonyl (C=O) groups excluding carboxylic acids is 5. The van der Waals surface area contributed by atoms with Crippen LogP contribution in [0.15, 0.2) is 0 Å². The van der Waals surface area contributed by atoms with Gasteiger partial charge in [-0.25, -0.2) is 9.59 Å². The van der Waals surface area contributed by atoms with Crippen molar-refractivity contribution in [3.63, 3.8) is 0 Å². The van der Waals surface area contributed by atoms with Crippen molar-refractivity contribution in [2.75, 3.05) is 6.54 Å². The third-order valence-corrected chi connectivity index (χ3v) is 5.10. The van der Waals surface area contributed by atoms with Crippen LogP contribution < -0.4 is 10.6 Å². The Morgan fingerprint density at radius 2 is 1.68 bits per heavy atom. The second-order valence-corrected chi connectivity index (χ2v) is 8.96. The topological polar surface area (TPSA) is 131 Å². The van der Waals surface area contributed by atoms with E-state index in [4.69, 9.17) is 9.57 Å². The summed E-state index contributed by atoms with van der Waals surface area (Å²) in [6.45, 7) is 5.65. The fourth-order valence-electron chi connectivity index (χ4n) is 3.52. The largest absolute Gasteiger partial charge is 0.444 e. The second-order valence-electron chi connectivity index (χ2n) is 8.96. The Morgan fingerprint density at radius 3 is 2.26 bits per heavy atom. The minimum Gasteiger partial charge on any atom is -0.444 e. The van der Waals surface area contributed by atoms with Gasteiger partial charge in [-0.3, -0.25) is 14.4 Å². The molecule has 0 bridgehead atoms. The van der Waals surface area contributed by atoms with Crippen molar-refractivity contribution in [3.8, 4) is 0 Å². The van der Waals surface area contributed by atoms with Crippen molar-refractivity contribution in [2.45, 2.75) is 90.2 Å². The van der Waals surface area contributed by atoms with Crippen LogP contribution in [0.4, 0.5) is 4.79 Å². The Balaban J connectivity index is 1.85. The molecule has 0 aromatic heterocycles. The predicted molar refractivity (Wildman–Crippen MR) is 109 cm³/mol. The molecule has 1 aliphatic carbocycles. The molecule has 174 valence electrons. The van der Waals surface area contributed by atoms with E-state index in [-0.39, 0.29) is 31.1 Å². The number of hydroxylamine groups is 2. The summed E-state index contributed by atoms with van der Waals surface area (Å²) in [7, 11) is 0. The van der Waals surface area contributed by atoms with E-state index in [0.717, 1.165) is 25.7 Å². The van der Waals surface area contributed by atoms with Crippen LogP contribution in [-0.4, -0.2) is 53.0 Å². The van der Waals surface area contributed by atoms with Gasteiger partial charge in [-0.1, -0.05) is 12.8 Å². The fourth-order valence-corrected chi connectivity index (χ4v) is 3.52. The van der Waals surface area contributed by atoms with Crippen LogP contribution >= 0.6 is 0 Å². The molecule has 0 unspecified atom stereocenters. The molecule has 0 radical (unpaired) electrons. The zero-order valence-corrected chi connectivity index (χ0v) is 18.5. The van der Waals surface area contributed by atoms with Crippen LogP contribution in [-0.2, 0) is 28.8 Å². The smallest absolute Gasteiger partial charge is 0.407 e. The molecule has 1 saturated heterocycles. The van der Waals surface area contributed by atoms with E-state index >= 15 is 0 Å². The molecule has 1 atom stereocenters. The normalized spacial score (nSPS) is 18.1. The van der Waals surface area contributed by atoms with Crippen LogP contribution in [0.3, 0.4) is 0 Å². The highest BCUT2D eigenvalue weighted by atomic mass is 16.7. The van der Waals surface area contributed by atoms with Gasteiger partial charge >= 0.3 is 12.1 Å².